The minimum Gasteiger partial charge on any atom is -0.497 e. The average Bonchev–Trinajstić information content (AvgIpc) is 2.91. The fourth-order valence-electron chi connectivity index (χ4n) is 5.77. The third kappa shape index (κ3) is 8.00. The van der Waals surface area contributed by atoms with Crippen molar-refractivity contribution in [3.63, 3.8) is 0 Å². The number of rotatable bonds is 13. The maximum absolute atomic E-state index is 13.1. The topological polar surface area (TPSA) is 62.7 Å². The summed E-state index contributed by atoms with van der Waals surface area (Å²) in [6, 6.07) is 14.9. The first-order valence-corrected chi connectivity index (χ1v) is 13.6. The summed E-state index contributed by atoms with van der Waals surface area (Å²) < 4.78 is 18.5. The largest absolute Gasteiger partial charge is 0.497 e. The molecular formula is C31H39FN2O3. The van der Waals surface area contributed by atoms with Crippen LogP contribution in [-0.2, 0) is 17.6 Å². The van der Waals surface area contributed by atoms with Crippen molar-refractivity contribution in [2.24, 2.45) is 11.8 Å². The number of ether oxygens (including phenoxy) is 1. The van der Waals surface area contributed by atoms with Crippen LogP contribution in [-0.4, -0.2) is 47.7 Å². The number of nitrogens with zero attached hydrogens (tertiary/aromatic N) is 2. The lowest BCUT2D eigenvalue weighted by atomic mass is 9.79. The molecule has 0 aliphatic carbocycles. The van der Waals surface area contributed by atoms with Crippen LogP contribution in [0.2, 0.25) is 0 Å². The molecule has 5 nitrogen and oxygen atoms in total. The number of aromatic nitrogens is 1. The van der Waals surface area contributed by atoms with Gasteiger partial charge in [0.25, 0.3) is 0 Å². The molecule has 37 heavy (non-hydrogen) atoms. The Hall–Kier alpha value is -2.99. The molecule has 2 aromatic carbocycles. The van der Waals surface area contributed by atoms with Crippen molar-refractivity contribution in [2.45, 2.75) is 57.8 Å². The molecule has 4 rings (SSSR count). The van der Waals surface area contributed by atoms with E-state index >= 15 is 0 Å². The van der Waals surface area contributed by atoms with Crippen LogP contribution in [0.3, 0.4) is 0 Å². The first-order chi connectivity index (χ1) is 18.0. The number of piperidine rings is 1. The lowest BCUT2D eigenvalue weighted by molar-refractivity contribution is -0.137. The Bertz CT molecular complexity index is 1150. The van der Waals surface area contributed by atoms with Crippen LogP contribution in [0, 0.1) is 17.7 Å². The van der Waals surface area contributed by atoms with Crippen molar-refractivity contribution in [3.05, 3.63) is 71.7 Å². The zero-order valence-corrected chi connectivity index (χ0v) is 21.9. The zero-order valence-electron chi connectivity index (χ0n) is 21.9. The number of likely N-dealkylation sites (tertiary alicyclic amines) is 1. The molecule has 0 spiro atoms. The van der Waals surface area contributed by atoms with Crippen LogP contribution >= 0.6 is 0 Å². The fraction of sp³-hybridized carbons (Fsp3) is 0.484. The first-order valence-electron chi connectivity index (χ1n) is 13.6. The molecule has 198 valence electrons. The molecule has 1 saturated heterocycles. The Morgan fingerprint density at radius 1 is 1.05 bits per heavy atom. The second kappa shape index (κ2) is 13.5. The van der Waals surface area contributed by atoms with Crippen molar-refractivity contribution in [1.29, 1.82) is 0 Å². The van der Waals surface area contributed by atoms with Gasteiger partial charge in [0.15, 0.2) is 0 Å². The Morgan fingerprint density at radius 2 is 1.89 bits per heavy atom. The number of pyridine rings is 1. The number of aryl methyl sites for hydroxylation is 2. The van der Waals surface area contributed by atoms with Gasteiger partial charge in [0, 0.05) is 24.5 Å². The van der Waals surface area contributed by atoms with Gasteiger partial charge in [0.1, 0.15) is 11.6 Å². The number of hydrogen-bond donors (Lipinski definition) is 1. The highest BCUT2D eigenvalue weighted by Crippen LogP contribution is 2.32. The predicted molar refractivity (Wildman–Crippen MR) is 145 cm³/mol. The number of halogens is 1. The highest BCUT2D eigenvalue weighted by Gasteiger charge is 2.29. The number of methoxy groups -OCH3 is 1. The van der Waals surface area contributed by atoms with Gasteiger partial charge in [0.05, 0.1) is 12.6 Å². The molecule has 3 aromatic rings. The van der Waals surface area contributed by atoms with Crippen LogP contribution in [0.5, 0.6) is 5.75 Å². The standard InChI is InChI=1S/C31H39FN2O3/c1-37-28-13-14-30-29(21-28)25(16-18-33-30)7-4-6-24-17-20-34(22-26(24)10-15-31(35)36)19-3-2-5-23-8-11-27(32)12-9-23/h8-9,11-14,16,18,21,24,26H,2-7,10,15,17,19-20,22H2,1H3,(H,35,36)/t24-,26+/m1/s1. The van der Waals surface area contributed by atoms with Crippen molar-refractivity contribution in [1.82, 2.24) is 9.88 Å². The van der Waals surface area contributed by atoms with Crippen LogP contribution in [0.1, 0.15) is 56.1 Å². The number of carboxylic acid groups (broad SMARTS) is 1. The molecule has 0 radical (unpaired) electrons. The van der Waals surface area contributed by atoms with Crippen LogP contribution in [0.4, 0.5) is 4.39 Å². The van der Waals surface area contributed by atoms with E-state index in [2.05, 4.69) is 22.0 Å². The minimum absolute atomic E-state index is 0.187. The van der Waals surface area contributed by atoms with Gasteiger partial charge in [-0.3, -0.25) is 9.78 Å². The number of carbonyl (C=O) groups is 1. The Labute approximate surface area is 219 Å². The smallest absolute Gasteiger partial charge is 0.303 e. The zero-order chi connectivity index (χ0) is 26.0. The summed E-state index contributed by atoms with van der Waals surface area (Å²) in [7, 11) is 1.69. The average molecular weight is 507 g/mol. The van der Waals surface area contributed by atoms with Gasteiger partial charge in [-0.2, -0.15) is 0 Å². The quantitative estimate of drug-likeness (QED) is 0.267. The number of aliphatic carboxylic acids is 1. The maximum atomic E-state index is 13.1. The second-order valence-corrected chi connectivity index (χ2v) is 10.4. The molecule has 1 aromatic heterocycles. The van der Waals surface area contributed by atoms with Crippen molar-refractivity contribution >= 4 is 16.9 Å². The molecule has 1 aliphatic heterocycles. The molecule has 1 N–H and O–H groups in total. The van der Waals surface area contributed by atoms with Gasteiger partial charge in [-0.05, 0) is 124 Å². The molecule has 0 saturated carbocycles. The monoisotopic (exact) mass is 506 g/mol. The Balaban J connectivity index is 1.28. The summed E-state index contributed by atoms with van der Waals surface area (Å²) in [5, 5.41) is 10.5. The summed E-state index contributed by atoms with van der Waals surface area (Å²) in [4.78, 5) is 18.3. The number of fused-ring (bicyclic) bond motifs is 1. The van der Waals surface area contributed by atoms with Crippen molar-refractivity contribution in [2.75, 3.05) is 26.7 Å². The molecule has 1 aliphatic rings. The Morgan fingerprint density at radius 3 is 2.68 bits per heavy atom. The second-order valence-electron chi connectivity index (χ2n) is 10.4. The SMILES string of the molecule is COc1ccc2nccc(CCC[C@@H]3CCN(CCCCc4ccc(F)cc4)C[C@@H]3CCC(=O)O)c2c1. The highest BCUT2D eigenvalue weighted by molar-refractivity contribution is 5.83. The van der Waals surface area contributed by atoms with E-state index in [1.807, 2.05) is 30.5 Å². The summed E-state index contributed by atoms with van der Waals surface area (Å²) in [6.45, 7) is 3.12. The Kier molecular flexibility index (Phi) is 9.89. The molecule has 0 bridgehead atoms. The highest BCUT2D eigenvalue weighted by atomic mass is 19.1. The van der Waals surface area contributed by atoms with E-state index in [0.29, 0.717) is 11.8 Å². The number of benzene rings is 2. The van der Waals surface area contributed by atoms with Crippen LogP contribution in [0.25, 0.3) is 10.9 Å². The fourth-order valence-corrected chi connectivity index (χ4v) is 5.77. The predicted octanol–water partition coefficient (Wildman–Crippen LogP) is 6.53. The van der Waals surface area contributed by atoms with E-state index in [1.54, 1.807) is 7.11 Å². The third-order valence-electron chi connectivity index (χ3n) is 7.87. The van der Waals surface area contributed by atoms with Crippen LogP contribution < -0.4 is 4.74 Å². The molecule has 2 atom stereocenters. The number of carboxylic acids is 1. The molecule has 6 heteroatoms. The van der Waals surface area contributed by atoms with E-state index in [1.165, 1.54) is 23.3 Å². The summed E-state index contributed by atoms with van der Waals surface area (Å²) >= 11 is 0. The van der Waals surface area contributed by atoms with Gasteiger partial charge in [0.2, 0.25) is 0 Å². The van der Waals surface area contributed by atoms with E-state index in [4.69, 9.17) is 4.74 Å². The van der Waals surface area contributed by atoms with E-state index < -0.39 is 5.97 Å². The summed E-state index contributed by atoms with van der Waals surface area (Å²) in [5.41, 5.74) is 3.47. The lowest BCUT2D eigenvalue weighted by Gasteiger charge is -2.39. The van der Waals surface area contributed by atoms with Gasteiger partial charge in [-0.15, -0.1) is 0 Å². The molecule has 0 unspecified atom stereocenters. The van der Waals surface area contributed by atoms with Crippen LogP contribution in [0.15, 0.2) is 54.7 Å². The summed E-state index contributed by atoms with van der Waals surface area (Å²) in [5.74, 6) is 0.954. The van der Waals surface area contributed by atoms with Gasteiger partial charge in [-0.25, -0.2) is 4.39 Å². The normalized spacial score (nSPS) is 18.2. The van der Waals surface area contributed by atoms with E-state index in [-0.39, 0.29) is 12.2 Å². The van der Waals surface area contributed by atoms with Gasteiger partial charge < -0.3 is 14.7 Å². The van der Waals surface area contributed by atoms with Gasteiger partial charge >= 0.3 is 5.97 Å². The minimum atomic E-state index is -0.702. The third-order valence-corrected chi connectivity index (χ3v) is 7.87. The van der Waals surface area contributed by atoms with Crippen molar-refractivity contribution in [3.8, 4) is 5.75 Å². The molecule has 0 amide bonds. The molecule has 1 fully saturated rings. The van der Waals surface area contributed by atoms with Crippen molar-refractivity contribution < 1.29 is 19.0 Å². The number of unbranched alkanes of at least 4 members (excludes halogenated alkanes) is 1. The summed E-state index contributed by atoms with van der Waals surface area (Å²) in [6.07, 6.45) is 10.4. The first kappa shape index (κ1) is 27.1. The lowest BCUT2D eigenvalue weighted by Crippen LogP contribution is -2.41. The number of hydrogen-bond acceptors (Lipinski definition) is 4. The van der Waals surface area contributed by atoms with E-state index in [9.17, 15) is 14.3 Å². The van der Waals surface area contributed by atoms with Gasteiger partial charge in [-0.1, -0.05) is 12.1 Å². The van der Waals surface area contributed by atoms with E-state index in [0.717, 1.165) is 87.7 Å². The molecular weight excluding hydrogens is 467 g/mol. The maximum Gasteiger partial charge on any atom is 0.303 e. The molecule has 2 heterocycles.